The van der Waals surface area contributed by atoms with E-state index in [4.69, 9.17) is 0 Å². The van der Waals surface area contributed by atoms with Gasteiger partial charge in [-0.25, -0.2) is 9.78 Å². The molecule has 3 rings (SSSR count). The van der Waals surface area contributed by atoms with E-state index in [1.807, 2.05) is 0 Å². The first-order valence-corrected chi connectivity index (χ1v) is 11.3. The predicted octanol–water partition coefficient (Wildman–Crippen LogP) is 3.48. The number of piperazine rings is 1. The number of pyridine rings is 1. The normalized spacial score (nSPS) is 16.3. The molecule has 0 aliphatic carbocycles. The van der Waals surface area contributed by atoms with E-state index in [9.17, 15) is 9.90 Å². The Hall–Kier alpha value is -2.01. The van der Waals surface area contributed by atoms with E-state index >= 15 is 0 Å². The van der Waals surface area contributed by atoms with Crippen LogP contribution in [-0.4, -0.2) is 65.7 Å². The second-order valence-corrected chi connectivity index (χ2v) is 8.34. The summed E-state index contributed by atoms with van der Waals surface area (Å²) in [6.07, 6.45) is 4.08. The standard InChI is InChI=1S/C23H32N3O3P/c1-29-23(28)21-20(27)12-11-19(24-21)10-6-3-7-13-25-14-16-26(17-15-25)22(30)18-8-4-2-5-9-18/h2,4-5,8-9,11-12,22,27H,3,6-7,10,13-17,30H2,1H3. The van der Waals surface area contributed by atoms with E-state index in [1.165, 1.54) is 18.7 Å². The van der Waals surface area contributed by atoms with Crippen LogP contribution < -0.4 is 0 Å². The molecule has 0 radical (unpaired) electrons. The zero-order chi connectivity index (χ0) is 21.3. The molecule has 2 aromatic rings. The van der Waals surface area contributed by atoms with Crippen molar-refractivity contribution >= 4 is 15.2 Å². The minimum Gasteiger partial charge on any atom is -0.505 e. The SMILES string of the molecule is COC(=O)c1nc(CCCCCN2CCN(C(P)c3ccccc3)CC2)ccc1O. The van der Waals surface area contributed by atoms with Gasteiger partial charge in [0.15, 0.2) is 5.69 Å². The lowest BCUT2D eigenvalue weighted by molar-refractivity contribution is 0.0590. The second-order valence-electron chi connectivity index (χ2n) is 7.71. The van der Waals surface area contributed by atoms with Gasteiger partial charge >= 0.3 is 5.97 Å². The minimum atomic E-state index is -0.603. The zero-order valence-corrected chi connectivity index (χ0v) is 18.8. The van der Waals surface area contributed by atoms with Crippen LogP contribution >= 0.6 is 9.24 Å². The lowest BCUT2D eigenvalue weighted by atomic mass is 10.1. The summed E-state index contributed by atoms with van der Waals surface area (Å²) in [7, 11) is 4.27. The van der Waals surface area contributed by atoms with Crippen LogP contribution in [0.25, 0.3) is 0 Å². The third kappa shape index (κ3) is 6.24. The number of methoxy groups -OCH3 is 1. The Bertz CT molecular complexity index is 811. The number of hydrogen-bond acceptors (Lipinski definition) is 6. The molecule has 2 unspecified atom stereocenters. The molecule has 1 aromatic heterocycles. The van der Waals surface area contributed by atoms with Gasteiger partial charge in [0.2, 0.25) is 0 Å². The predicted molar refractivity (Wildman–Crippen MR) is 122 cm³/mol. The summed E-state index contributed by atoms with van der Waals surface area (Å²) < 4.78 is 4.66. The summed E-state index contributed by atoms with van der Waals surface area (Å²) in [6.45, 7) is 5.53. The van der Waals surface area contributed by atoms with Crippen molar-refractivity contribution in [2.75, 3.05) is 39.8 Å². The van der Waals surface area contributed by atoms with Crippen LogP contribution in [0, 0.1) is 0 Å². The molecule has 30 heavy (non-hydrogen) atoms. The molecule has 1 N–H and O–H groups in total. The van der Waals surface area contributed by atoms with E-state index in [2.05, 4.69) is 59.1 Å². The molecule has 7 heteroatoms. The number of hydrogen-bond donors (Lipinski definition) is 1. The molecule has 1 aliphatic rings. The number of unbranched alkanes of at least 4 members (excludes halogenated alkanes) is 2. The highest BCUT2D eigenvalue weighted by atomic mass is 31.0. The number of aromatic hydroxyl groups is 1. The summed E-state index contributed by atoms with van der Waals surface area (Å²) in [4.78, 5) is 20.9. The summed E-state index contributed by atoms with van der Waals surface area (Å²) >= 11 is 0. The fourth-order valence-electron chi connectivity index (χ4n) is 3.82. The molecular weight excluding hydrogens is 397 g/mol. The summed E-state index contributed by atoms with van der Waals surface area (Å²) in [6, 6.07) is 14.0. The second kappa shape index (κ2) is 11.4. The van der Waals surface area contributed by atoms with Crippen molar-refractivity contribution in [1.29, 1.82) is 0 Å². The Kier molecular flexibility index (Phi) is 8.61. The summed E-state index contributed by atoms with van der Waals surface area (Å²) in [5, 5.41) is 9.73. The molecular formula is C23H32N3O3P. The Balaban J connectivity index is 1.34. The lowest BCUT2D eigenvalue weighted by Crippen LogP contribution is -2.46. The molecule has 162 valence electrons. The average Bonchev–Trinajstić information content (AvgIpc) is 2.80. The molecule has 0 saturated carbocycles. The number of ether oxygens (including phenoxy) is 1. The molecule has 1 aliphatic heterocycles. The molecule has 2 atom stereocenters. The number of nitrogens with zero attached hydrogens (tertiary/aromatic N) is 3. The van der Waals surface area contributed by atoms with Gasteiger partial charge in [-0.05, 0) is 43.5 Å². The van der Waals surface area contributed by atoms with Crippen molar-refractivity contribution in [2.45, 2.75) is 31.5 Å². The maximum Gasteiger partial charge on any atom is 0.360 e. The molecule has 2 heterocycles. The van der Waals surface area contributed by atoms with Crippen LogP contribution in [0.5, 0.6) is 5.75 Å². The van der Waals surface area contributed by atoms with Gasteiger partial charge in [0, 0.05) is 37.7 Å². The van der Waals surface area contributed by atoms with E-state index < -0.39 is 5.97 Å². The average molecular weight is 430 g/mol. The monoisotopic (exact) mass is 429 g/mol. The molecule has 6 nitrogen and oxygen atoms in total. The minimum absolute atomic E-state index is 0.00392. The van der Waals surface area contributed by atoms with Crippen LogP contribution in [0.3, 0.4) is 0 Å². The highest BCUT2D eigenvalue weighted by Crippen LogP contribution is 2.28. The highest BCUT2D eigenvalue weighted by molar-refractivity contribution is 7.17. The first kappa shape index (κ1) is 22.7. The van der Waals surface area contributed by atoms with Crippen molar-refractivity contribution in [1.82, 2.24) is 14.8 Å². The van der Waals surface area contributed by atoms with Gasteiger partial charge in [-0.15, -0.1) is 9.24 Å². The van der Waals surface area contributed by atoms with Crippen molar-refractivity contribution in [3.8, 4) is 5.75 Å². The molecule has 1 aromatic carbocycles. The van der Waals surface area contributed by atoms with Crippen LogP contribution in [0.2, 0.25) is 0 Å². The van der Waals surface area contributed by atoms with Crippen molar-refractivity contribution in [2.24, 2.45) is 0 Å². The maximum absolute atomic E-state index is 11.6. The largest absolute Gasteiger partial charge is 0.505 e. The highest BCUT2D eigenvalue weighted by Gasteiger charge is 2.21. The van der Waals surface area contributed by atoms with E-state index in [1.54, 1.807) is 6.07 Å². The number of carbonyl (C=O) groups excluding carboxylic acids is 1. The zero-order valence-electron chi connectivity index (χ0n) is 17.7. The van der Waals surface area contributed by atoms with Gasteiger partial charge in [-0.2, -0.15) is 0 Å². The smallest absolute Gasteiger partial charge is 0.360 e. The van der Waals surface area contributed by atoms with E-state index in [0.29, 0.717) is 5.78 Å². The summed E-state index contributed by atoms with van der Waals surface area (Å²) in [5.74, 6) is -0.348. The Morgan fingerprint density at radius 3 is 2.53 bits per heavy atom. The number of rotatable bonds is 9. The molecule has 0 spiro atoms. The van der Waals surface area contributed by atoms with E-state index in [0.717, 1.165) is 64.1 Å². The lowest BCUT2D eigenvalue weighted by Gasteiger charge is -2.38. The van der Waals surface area contributed by atoms with Crippen molar-refractivity contribution < 1.29 is 14.6 Å². The van der Waals surface area contributed by atoms with E-state index in [-0.39, 0.29) is 11.4 Å². The number of aromatic nitrogens is 1. The fraction of sp³-hybridized carbons (Fsp3) is 0.478. The van der Waals surface area contributed by atoms with Crippen molar-refractivity contribution in [3.63, 3.8) is 0 Å². The Morgan fingerprint density at radius 2 is 1.83 bits per heavy atom. The number of carbonyl (C=O) groups is 1. The van der Waals surface area contributed by atoms with Gasteiger partial charge in [0.1, 0.15) is 5.75 Å². The molecule has 0 bridgehead atoms. The topological polar surface area (TPSA) is 65.9 Å². The quantitative estimate of drug-likeness (QED) is 0.374. The van der Waals surface area contributed by atoms with Crippen LogP contribution in [0.1, 0.15) is 46.8 Å². The van der Waals surface area contributed by atoms with Crippen molar-refractivity contribution in [3.05, 3.63) is 59.4 Å². The van der Waals surface area contributed by atoms with Gasteiger partial charge in [0.05, 0.1) is 7.11 Å². The number of aryl methyl sites for hydroxylation is 1. The molecule has 1 fully saturated rings. The van der Waals surface area contributed by atoms with Gasteiger partial charge in [-0.1, -0.05) is 36.8 Å². The summed E-state index contributed by atoms with van der Waals surface area (Å²) in [5.41, 5.74) is 2.17. The van der Waals surface area contributed by atoms with Crippen LogP contribution in [-0.2, 0) is 11.2 Å². The first-order chi connectivity index (χ1) is 14.6. The van der Waals surface area contributed by atoms with Crippen LogP contribution in [0.4, 0.5) is 0 Å². The maximum atomic E-state index is 11.6. The fourth-order valence-corrected chi connectivity index (χ4v) is 4.34. The molecule has 0 amide bonds. The number of esters is 1. The van der Waals surface area contributed by atoms with Crippen LogP contribution in [0.15, 0.2) is 42.5 Å². The van der Waals surface area contributed by atoms with Gasteiger partial charge < -0.3 is 14.7 Å². The Labute approximate surface area is 181 Å². The van der Waals surface area contributed by atoms with Gasteiger partial charge in [-0.3, -0.25) is 4.90 Å². The van der Waals surface area contributed by atoms with Gasteiger partial charge in [0.25, 0.3) is 0 Å². The Morgan fingerprint density at radius 1 is 1.10 bits per heavy atom. The third-order valence-electron chi connectivity index (χ3n) is 5.66. The molecule has 1 saturated heterocycles. The first-order valence-electron chi connectivity index (χ1n) is 10.6. The third-order valence-corrected chi connectivity index (χ3v) is 6.47. The number of benzene rings is 1.